The number of aryl methyl sites for hydroxylation is 1. The average molecular weight is 350 g/mol. The van der Waals surface area contributed by atoms with Crippen LogP contribution in [-0.2, 0) is 11.2 Å². The van der Waals surface area contributed by atoms with Gasteiger partial charge in [-0.05, 0) is 48.7 Å². The minimum atomic E-state index is -0.520. The topological polar surface area (TPSA) is 32.3 Å². The zero-order valence-electron chi connectivity index (χ0n) is 14.1. The summed E-state index contributed by atoms with van der Waals surface area (Å²) < 4.78 is 40.2. The van der Waals surface area contributed by atoms with Crippen LogP contribution >= 0.6 is 0 Å². The van der Waals surface area contributed by atoms with Crippen molar-refractivity contribution in [1.82, 2.24) is 5.32 Å². The molecule has 0 atom stereocenters. The second kappa shape index (κ2) is 9.11. The highest BCUT2D eigenvalue weighted by Crippen LogP contribution is 2.17. The third kappa shape index (κ3) is 5.81. The van der Waals surface area contributed by atoms with Crippen molar-refractivity contribution in [2.75, 3.05) is 25.0 Å². The van der Waals surface area contributed by atoms with Crippen LogP contribution in [0.25, 0.3) is 0 Å². The monoisotopic (exact) mass is 350 g/mol. The zero-order chi connectivity index (χ0) is 18.2. The van der Waals surface area contributed by atoms with Gasteiger partial charge in [0.15, 0.2) is 0 Å². The Bertz CT molecular complexity index is 722. The lowest BCUT2D eigenvalue weighted by Crippen LogP contribution is -2.28. The van der Waals surface area contributed by atoms with Crippen LogP contribution in [0.1, 0.15) is 18.4 Å². The molecule has 6 heteroatoms. The predicted molar refractivity (Wildman–Crippen MR) is 92.0 cm³/mol. The molecule has 1 amide bonds. The third-order valence-electron chi connectivity index (χ3n) is 3.89. The van der Waals surface area contributed by atoms with Crippen LogP contribution in [0.5, 0.6) is 0 Å². The van der Waals surface area contributed by atoms with Crippen LogP contribution in [0, 0.1) is 17.5 Å². The molecule has 2 aromatic rings. The molecule has 134 valence electrons. The van der Waals surface area contributed by atoms with Gasteiger partial charge in [0.05, 0.1) is 5.69 Å². The van der Waals surface area contributed by atoms with Gasteiger partial charge in [0, 0.05) is 26.6 Å². The summed E-state index contributed by atoms with van der Waals surface area (Å²) in [5.41, 5.74) is 0.699. The molecule has 0 bridgehead atoms. The van der Waals surface area contributed by atoms with Gasteiger partial charge >= 0.3 is 0 Å². The van der Waals surface area contributed by atoms with Crippen LogP contribution in [-0.4, -0.2) is 26.0 Å². The molecule has 0 radical (unpaired) electrons. The Morgan fingerprint density at radius 1 is 1.08 bits per heavy atom. The van der Waals surface area contributed by atoms with Crippen molar-refractivity contribution < 1.29 is 18.0 Å². The maximum Gasteiger partial charge on any atom is 0.220 e. The number of carbonyl (C=O) groups excluding carboxylic acids is 1. The lowest BCUT2D eigenvalue weighted by atomic mass is 10.1. The molecule has 0 saturated heterocycles. The summed E-state index contributed by atoms with van der Waals surface area (Å²) in [6.45, 7) is 1.02. The van der Waals surface area contributed by atoms with Crippen LogP contribution < -0.4 is 10.2 Å². The van der Waals surface area contributed by atoms with Crippen LogP contribution in [0.3, 0.4) is 0 Å². The lowest BCUT2D eigenvalue weighted by molar-refractivity contribution is -0.121. The summed E-state index contributed by atoms with van der Waals surface area (Å²) in [6.07, 6.45) is 0.874. The summed E-state index contributed by atoms with van der Waals surface area (Å²) in [4.78, 5) is 13.6. The molecule has 0 aliphatic heterocycles. The number of hydrogen-bond acceptors (Lipinski definition) is 2. The minimum Gasteiger partial charge on any atom is -0.372 e. The first kappa shape index (κ1) is 18.8. The van der Waals surface area contributed by atoms with E-state index in [4.69, 9.17) is 0 Å². The number of carbonyl (C=O) groups is 1. The van der Waals surface area contributed by atoms with Gasteiger partial charge in [-0.25, -0.2) is 13.2 Å². The Hall–Kier alpha value is -2.50. The quantitative estimate of drug-likeness (QED) is 0.737. The third-order valence-corrected chi connectivity index (χ3v) is 3.89. The second-order valence-electron chi connectivity index (χ2n) is 5.81. The summed E-state index contributed by atoms with van der Waals surface area (Å²) in [6, 6.07) is 9.70. The van der Waals surface area contributed by atoms with E-state index in [2.05, 4.69) is 5.32 Å². The largest absolute Gasteiger partial charge is 0.372 e. The van der Waals surface area contributed by atoms with Crippen molar-refractivity contribution in [3.05, 3.63) is 65.5 Å². The number of amides is 1. The van der Waals surface area contributed by atoms with Gasteiger partial charge in [-0.15, -0.1) is 0 Å². The molecule has 0 unspecified atom stereocenters. The van der Waals surface area contributed by atoms with Gasteiger partial charge < -0.3 is 10.2 Å². The fraction of sp³-hybridized carbons (Fsp3) is 0.316. The zero-order valence-corrected chi connectivity index (χ0v) is 14.1. The van der Waals surface area contributed by atoms with E-state index in [0.29, 0.717) is 25.2 Å². The molecule has 0 saturated carbocycles. The fourth-order valence-electron chi connectivity index (χ4n) is 2.50. The molecule has 0 aromatic heterocycles. The summed E-state index contributed by atoms with van der Waals surface area (Å²) in [7, 11) is 1.78. The van der Waals surface area contributed by atoms with Crippen molar-refractivity contribution in [2.45, 2.75) is 19.3 Å². The number of halogens is 3. The van der Waals surface area contributed by atoms with E-state index in [-0.39, 0.29) is 30.1 Å². The average Bonchev–Trinajstić information content (AvgIpc) is 2.59. The maximum atomic E-state index is 13.6. The fourth-order valence-corrected chi connectivity index (χ4v) is 2.50. The van der Waals surface area contributed by atoms with Crippen LogP contribution in [0.15, 0.2) is 42.5 Å². The Kier molecular flexibility index (Phi) is 6.86. The first-order valence-electron chi connectivity index (χ1n) is 8.13. The molecular weight excluding hydrogens is 329 g/mol. The van der Waals surface area contributed by atoms with Crippen molar-refractivity contribution in [3.63, 3.8) is 0 Å². The van der Waals surface area contributed by atoms with Crippen molar-refractivity contribution in [1.29, 1.82) is 0 Å². The van der Waals surface area contributed by atoms with E-state index in [1.165, 1.54) is 6.07 Å². The van der Waals surface area contributed by atoms with Gasteiger partial charge in [0.1, 0.15) is 17.5 Å². The highest BCUT2D eigenvalue weighted by Gasteiger charge is 2.08. The Balaban J connectivity index is 1.69. The number of nitrogens with one attached hydrogen (secondary N) is 1. The maximum absolute atomic E-state index is 13.6. The number of rotatable bonds is 8. The molecule has 0 spiro atoms. The van der Waals surface area contributed by atoms with Crippen LogP contribution in [0.4, 0.5) is 18.9 Å². The van der Waals surface area contributed by atoms with Gasteiger partial charge in [0.2, 0.25) is 5.91 Å². The molecule has 25 heavy (non-hydrogen) atoms. The highest BCUT2D eigenvalue weighted by atomic mass is 19.1. The van der Waals surface area contributed by atoms with E-state index >= 15 is 0 Å². The van der Waals surface area contributed by atoms with Gasteiger partial charge in [-0.2, -0.15) is 0 Å². The van der Waals surface area contributed by atoms with E-state index in [0.717, 1.165) is 18.2 Å². The minimum absolute atomic E-state index is 0.0868. The number of para-hydroxylation sites is 1. The van der Waals surface area contributed by atoms with E-state index in [1.54, 1.807) is 30.1 Å². The molecule has 0 aliphatic rings. The second-order valence-corrected chi connectivity index (χ2v) is 5.81. The summed E-state index contributed by atoms with van der Waals surface area (Å²) in [5, 5.41) is 2.73. The summed E-state index contributed by atoms with van der Waals surface area (Å²) >= 11 is 0. The number of benzene rings is 2. The molecule has 2 rings (SSSR count). The first-order valence-corrected chi connectivity index (χ1v) is 8.13. The number of nitrogens with zero attached hydrogens (tertiary/aromatic N) is 1. The van der Waals surface area contributed by atoms with Gasteiger partial charge in [-0.3, -0.25) is 4.79 Å². The molecule has 2 aromatic carbocycles. The SMILES string of the molecule is CN(CCCNC(=O)CCc1cc(F)ccc1F)c1ccccc1F. The Morgan fingerprint density at radius 2 is 1.84 bits per heavy atom. The molecular formula is C19H21F3N2O. The van der Waals surface area contributed by atoms with E-state index in [1.807, 2.05) is 0 Å². The van der Waals surface area contributed by atoms with E-state index in [9.17, 15) is 18.0 Å². The molecule has 0 fully saturated rings. The molecule has 3 nitrogen and oxygen atoms in total. The number of anilines is 1. The smallest absolute Gasteiger partial charge is 0.220 e. The van der Waals surface area contributed by atoms with Crippen molar-refractivity contribution in [3.8, 4) is 0 Å². The number of hydrogen-bond donors (Lipinski definition) is 1. The standard InChI is InChI=1S/C19H21F3N2O/c1-24(18-6-3-2-5-17(18)22)12-4-11-23-19(25)10-7-14-13-15(20)8-9-16(14)21/h2-3,5-6,8-9,13H,4,7,10-12H2,1H3,(H,23,25). The Morgan fingerprint density at radius 3 is 2.60 bits per heavy atom. The summed E-state index contributed by atoms with van der Waals surface area (Å²) in [5.74, 6) is -1.54. The Labute approximate surface area is 145 Å². The normalized spacial score (nSPS) is 10.6. The predicted octanol–water partition coefficient (Wildman–Crippen LogP) is 3.68. The molecule has 0 heterocycles. The van der Waals surface area contributed by atoms with Crippen molar-refractivity contribution in [2.24, 2.45) is 0 Å². The van der Waals surface area contributed by atoms with E-state index < -0.39 is 11.6 Å². The van der Waals surface area contributed by atoms with Crippen LogP contribution in [0.2, 0.25) is 0 Å². The van der Waals surface area contributed by atoms with Gasteiger partial charge in [-0.1, -0.05) is 12.1 Å². The van der Waals surface area contributed by atoms with Gasteiger partial charge in [0.25, 0.3) is 0 Å². The lowest BCUT2D eigenvalue weighted by Gasteiger charge is -2.19. The first-order chi connectivity index (χ1) is 12.0. The van der Waals surface area contributed by atoms with Crippen molar-refractivity contribution >= 4 is 11.6 Å². The molecule has 0 aliphatic carbocycles. The highest BCUT2D eigenvalue weighted by molar-refractivity contribution is 5.76. The molecule has 1 N–H and O–H groups in total.